The Hall–Kier alpha value is -1.66. The fourth-order valence-electron chi connectivity index (χ4n) is 2.35. The summed E-state index contributed by atoms with van der Waals surface area (Å²) in [5.41, 5.74) is 3.61. The zero-order valence-corrected chi connectivity index (χ0v) is 13.8. The highest BCUT2D eigenvalue weighted by Crippen LogP contribution is 2.24. The van der Waals surface area contributed by atoms with E-state index in [-0.39, 0.29) is 4.90 Å². The highest BCUT2D eigenvalue weighted by molar-refractivity contribution is 7.89. The second-order valence-corrected chi connectivity index (χ2v) is 7.33. The van der Waals surface area contributed by atoms with Gasteiger partial charge in [0.15, 0.2) is 5.76 Å². The zero-order valence-electron chi connectivity index (χ0n) is 13.0. The molecular weight excluding hydrogens is 288 g/mol. The van der Waals surface area contributed by atoms with Crippen LogP contribution < -0.4 is 0 Å². The quantitative estimate of drug-likeness (QED) is 0.871. The van der Waals surface area contributed by atoms with E-state index in [9.17, 15) is 8.42 Å². The lowest BCUT2D eigenvalue weighted by atomic mass is 10.1. The summed E-state index contributed by atoms with van der Waals surface area (Å²) in [5, 5.41) is 3.72. The molecule has 0 radical (unpaired) electrons. The maximum absolute atomic E-state index is 12.6. The maximum atomic E-state index is 12.6. The van der Waals surface area contributed by atoms with Gasteiger partial charge in [0.25, 0.3) is 0 Å². The Labute approximate surface area is 125 Å². The summed E-state index contributed by atoms with van der Waals surface area (Å²) in [7, 11) is -2.04. The largest absolute Gasteiger partial charge is 0.360 e. The Kier molecular flexibility index (Phi) is 4.20. The number of hydrogen-bond acceptors (Lipinski definition) is 4. The molecule has 0 aliphatic rings. The fourth-order valence-corrected chi connectivity index (χ4v) is 3.78. The van der Waals surface area contributed by atoms with E-state index < -0.39 is 10.0 Å². The lowest BCUT2D eigenvalue weighted by Crippen LogP contribution is -2.27. The van der Waals surface area contributed by atoms with Crippen LogP contribution in [0.25, 0.3) is 0 Å². The molecule has 0 atom stereocenters. The minimum Gasteiger partial charge on any atom is -0.360 e. The average Bonchev–Trinajstić information content (AvgIpc) is 2.72. The molecule has 1 aromatic carbocycles. The van der Waals surface area contributed by atoms with E-state index >= 15 is 0 Å². The first-order chi connectivity index (χ1) is 9.73. The molecule has 0 saturated heterocycles. The third-order valence-corrected chi connectivity index (χ3v) is 5.58. The molecule has 21 heavy (non-hydrogen) atoms. The van der Waals surface area contributed by atoms with E-state index in [0.717, 1.165) is 16.7 Å². The number of aromatic nitrogens is 1. The van der Waals surface area contributed by atoms with E-state index in [1.165, 1.54) is 4.31 Å². The minimum atomic E-state index is -3.60. The predicted molar refractivity (Wildman–Crippen MR) is 80.5 cm³/mol. The molecule has 2 aromatic rings. The van der Waals surface area contributed by atoms with Gasteiger partial charge in [0.2, 0.25) is 10.0 Å². The standard InChI is InChI=1S/C15H20N2O3S/c1-10-6-7-14(11(2)8-10)9-17(5)21(18,19)15-12(3)16-20-13(15)4/h6-8H,9H2,1-5H3. The van der Waals surface area contributed by atoms with E-state index in [1.54, 1.807) is 20.9 Å². The lowest BCUT2D eigenvalue weighted by Gasteiger charge is -2.18. The number of benzene rings is 1. The van der Waals surface area contributed by atoms with Crippen molar-refractivity contribution in [1.29, 1.82) is 0 Å². The van der Waals surface area contributed by atoms with E-state index in [2.05, 4.69) is 5.16 Å². The van der Waals surface area contributed by atoms with Crippen molar-refractivity contribution in [2.45, 2.75) is 39.1 Å². The van der Waals surface area contributed by atoms with Crippen LogP contribution in [0.5, 0.6) is 0 Å². The molecule has 6 heteroatoms. The molecule has 114 valence electrons. The van der Waals surface area contributed by atoms with Crippen LogP contribution >= 0.6 is 0 Å². The summed E-state index contributed by atoms with van der Waals surface area (Å²) in [6, 6.07) is 5.99. The monoisotopic (exact) mass is 308 g/mol. The molecule has 0 aliphatic carbocycles. The van der Waals surface area contributed by atoms with Crippen LogP contribution in [-0.4, -0.2) is 24.9 Å². The number of aryl methyl sites for hydroxylation is 4. The van der Waals surface area contributed by atoms with Gasteiger partial charge in [-0.15, -0.1) is 0 Å². The van der Waals surface area contributed by atoms with Gasteiger partial charge in [-0.05, 0) is 38.8 Å². The van der Waals surface area contributed by atoms with Crippen LogP contribution in [0.15, 0.2) is 27.6 Å². The van der Waals surface area contributed by atoms with Gasteiger partial charge in [-0.1, -0.05) is 28.9 Å². The Morgan fingerprint density at radius 2 is 1.86 bits per heavy atom. The van der Waals surface area contributed by atoms with Gasteiger partial charge in [0, 0.05) is 13.6 Å². The second kappa shape index (κ2) is 5.61. The highest BCUT2D eigenvalue weighted by Gasteiger charge is 2.28. The molecule has 0 amide bonds. The van der Waals surface area contributed by atoms with Crippen LogP contribution in [0.4, 0.5) is 0 Å². The Morgan fingerprint density at radius 3 is 2.38 bits per heavy atom. The van der Waals surface area contributed by atoms with Gasteiger partial charge >= 0.3 is 0 Å². The predicted octanol–water partition coefficient (Wildman–Crippen LogP) is 2.73. The molecule has 0 unspecified atom stereocenters. The topological polar surface area (TPSA) is 63.4 Å². The van der Waals surface area contributed by atoms with Crippen LogP contribution in [0, 0.1) is 27.7 Å². The Balaban J connectivity index is 2.33. The molecule has 0 fully saturated rings. The zero-order chi connectivity index (χ0) is 15.8. The average molecular weight is 308 g/mol. The van der Waals surface area contributed by atoms with Crippen LogP contribution in [0.2, 0.25) is 0 Å². The molecule has 0 aliphatic heterocycles. The summed E-state index contributed by atoms with van der Waals surface area (Å²) in [6.45, 7) is 7.56. The smallest absolute Gasteiger partial charge is 0.248 e. The third-order valence-electron chi connectivity index (χ3n) is 3.53. The van der Waals surface area contributed by atoms with Crippen molar-refractivity contribution in [2.75, 3.05) is 7.05 Å². The molecule has 0 saturated carbocycles. The summed E-state index contributed by atoms with van der Waals surface area (Å²) in [6.07, 6.45) is 0. The molecular formula is C15H20N2O3S. The van der Waals surface area contributed by atoms with Gasteiger partial charge in [-0.2, -0.15) is 4.31 Å². The summed E-state index contributed by atoms with van der Waals surface area (Å²) in [5.74, 6) is 0.319. The first kappa shape index (κ1) is 15.7. The molecule has 0 N–H and O–H groups in total. The van der Waals surface area contributed by atoms with Crippen molar-refractivity contribution < 1.29 is 12.9 Å². The van der Waals surface area contributed by atoms with E-state index in [0.29, 0.717) is 18.0 Å². The first-order valence-electron chi connectivity index (χ1n) is 6.69. The van der Waals surface area contributed by atoms with Gasteiger partial charge in [-0.3, -0.25) is 0 Å². The maximum Gasteiger partial charge on any atom is 0.248 e. The third kappa shape index (κ3) is 3.01. The molecule has 0 bridgehead atoms. The van der Waals surface area contributed by atoms with Gasteiger partial charge in [-0.25, -0.2) is 8.42 Å². The Bertz CT molecular complexity index is 744. The van der Waals surface area contributed by atoms with Crippen LogP contribution in [0.1, 0.15) is 28.1 Å². The second-order valence-electron chi connectivity index (χ2n) is 5.34. The summed E-state index contributed by atoms with van der Waals surface area (Å²) in [4.78, 5) is 0.162. The number of nitrogens with zero attached hydrogens (tertiary/aromatic N) is 2. The summed E-state index contributed by atoms with van der Waals surface area (Å²) < 4.78 is 31.6. The lowest BCUT2D eigenvalue weighted by molar-refractivity contribution is 0.389. The number of rotatable bonds is 4. The van der Waals surface area contributed by atoms with Crippen molar-refractivity contribution in [3.05, 3.63) is 46.3 Å². The fraction of sp³-hybridized carbons (Fsp3) is 0.400. The molecule has 0 spiro atoms. The molecule has 1 heterocycles. The SMILES string of the molecule is Cc1ccc(CN(C)S(=O)(=O)c2c(C)noc2C)c(C)c1. The number of sulfonamides is 1. The first-order valence-corrected chi connectivity index (χ1v) is 8.13. The normalized spacial score (nSPS) is 12.1. The van der Waals surface area contributed by atoms with Gasteiger partial charge in [0.1, 0.15) is 10.6 Å². The van der Waals surface area contributed by atoms with E-state index in [4.69, 9.17) is 4.52 Å². The highest BCUT2D eigenvalue weighted by atomic mass is 32.2. The van der Waals surface area contributed by atoms with Crippen molar-refractivity contribution in [2.24, 2.45) is 0 Å². The molecule has 5 nitrogen and oxygen atoms in total. The van der Waals surface area contributed by atoms with Crippen molar-refractivity contribution in [1.82, 2.24) is 9.46 Å². The van der Waals surface area contributed by atoms with Gasteiger partial charge in [0.05, 0.1) is 0 Å². The van der Waals surface area contributed by atoms with Crippen LogP contribution in [0.3, 0.4) is 0 Å². The molecule has 2 rings (SSSR count). The molecule has 1 aromatic heterocycles. The van der Waals surface area contributed by atoms with Crippen molar-refractivity contribution in [3.63, 3.8) is 0 Å². The minimum absolute atomic E-state index is 0.162. The number of hydrogen-bond donors (Lipinski definition) is 0. The van der Waals surface area contributed by atoms with Crippen LogP contribution in [-0.2, 0) is 16.6 Å². The van der Waals surface area contributed by atoms with Crippen molar-refractivity contribution in [3.8, 4) is 0 Å². The van der Waals surface area contributed by atoms with Gasteiger partial charge < -0.3 is 4.52 Å². The van der Waals surface area contributed by atoms with Crippen molar-refractivity contribution >= 4 is 10.0 Å². The summed E-state index contributed by atoms with van der Waals surface area (Å²) >= 11 is 0. The van der Waals surface area contributed by atoms with E-state index in [1.807, 2.05) is 32.0 Å². The Morgan fingerprint density at radius 1 is 1.19 bits per heavy atom.